The van der Waals surface area contributed by atoms with Gasteiger partial charge in [0.1, 0.15) is 0 Å². The maximum atomic E-state index is 12.7. The van der Waals surface area contributed by atoms with Crippen molar-refractivity contribution in [1.82, 2.24) is 9.55 Å². The molecule has 1 fully saturated rings. The summed E-state index contributed by atoms with van der Waals surface area (Å²) in [6, 6.07) is 7.86. The van der Waals surface area contributed by atoms with Crippen LogP contribution in [-0.2, 0) is 0 Å². The van der Waals surface area contributed by atoms with Crippen LogP contribution in [0.5, 0.6) is 0 Å². The van der Waals surface area contributed by atoms with Crippen LogP contribution >= 0.6 is 12.2 Å². The molecule has 1 aliphatic carbocycles. The van der Waals surface area contributed by atoms with Crippen molar-refractivity contribution >= 4 is 23.1 Å². The summed E-state index contributed by atoms with van der Waals surface area (Å²) in [5.74, 6) is 0.758. The number of aromatic nitrogens is 2. The number of hydrogen-bond acceptors (Lipinski definition) is 2. The van der Waals surface area contributed by atoms with E-state index >= 15 is 0 Å². The van der Waals surface area contributed by atoms with Crippen molar-refractivity contribution in [3.63, 3.8) is 0 Å². The molecular weight excluding hydrogens is 268 g/mol. The number of nitrogens with zero attached hydrogens (tertiary/aromatic N) is 1. The second-order valence-electron chi connectivity index (χ2n) is 5.92. The van der Waals surface area contributed by atoms with Crippen LogP contribution in [0.3, 0.4) is 0 Å². The van der Waals surface area contributed by atoms with Gasteiger partial charge in [0.2, 0.25) is 0 Å². The third kappa shape index (κ3) is 2.44. The number of hydrogen-bond donors (Lipinski definition) is 1. The Kier molecular flexibility index (Phi) is 3.74. The highest BCUT2D eigenvalue weighted by molar-refractivity contribution is 7.71. The molecule has 4 heteroatoms. The van der Waals surface area contributed by atoms with Gasteiger partial charge in [-0.25, -0.2) is 0 Å². The van der Waals surface area contributed by atoms with Gasteiger partial charge in [-0.1, -0.05) is 31.9 Å². The lowest BCUT2D eigenvalue weighted by Gasteiger charge is -2.18. The van der Waals surface area contributed by atoms with Gasteiger partial charge in [-0.05, 0) is 49.5 Å². The Balaban J connectivity index is 2.11. The molecule has 1 aromatic heterocycles. The Morgan fingerprint density at radius 3 is 2.85 bits per heavy atom. The molecule has 2 aromatic rings. The quantitative estimate of drug-likeness (QED) is 0.631. The van der Waals surface area contributed by atoms with Crippen molar-refractivity contribution in [2.24, 2.45) is 5.92 Å². The van der Waals surface area contributed by atoms with Crippen molar-refractivity contribution in [3.8, 4) is 0 Å². The number of aromatic amines is 1. The van der Waals surface area contributed by atoms with Gasteiger partial charge in [0.15, 0.2) is 4.77 Å². The van der Waals surface area contributed by atoms with Crippen LogP contribution in [-0.4, -0.2) is 9.55 Å². The summed E-state index contributed by atoms with van der Waals surface area (Å²) >= 11 is 5.43. The topological polar surface area (TPSA) is 37.8 Å². The first-order valence-corrected chi connectivity index (χ1v) is 7.81. The number of nitrogens with one attached hydrogen (secondary N) is 1. The monoisotopic (exact) mass is 288 g/mol. The van der Waals surface area contributed by atoms with Crippen molar-refractivity contribution in [2.45, 2.75) is 45.1 Å². The Morgan fingerprint density at radius 2 is 2.00 bits per heavy atom. The van der Waals surface area contributed by atoms with E-state index in [1.807, 2.05) is 28.8 Å². The van der Waals surface area contributed by atoms with Crippen LogP contribution in [0.15, 0.2) is 29.1 Å². The summed E-state index contributed by atoms with van der Waals surface area (Å²) in [5, 5.41) is 0.735. The second kappa shape index (κ2) is 5.52. The number of rotatable bonds is 1. The van der Waals surface area contributed by atoms with Crippen LogP contribution in [0.4, 0.5) is 0 Å². The number of benzene rings is 1. The van der Waals surface area contributed by atoms with Crippen molar-refractivity contribution < 1.29 is 0 Å². The summed E-state index contributed by atoms with van der Waals surface area (Å²) in [5.41, 5.74) is 0.893. The molecule has 3 nitrogen and oxygen atoms in total. The van der Waals surface area contributed by atoms with Crippen molar-refractivity contribution in [1.29, 1.82) is 0 Å². The molecule has 1 aromatic carbocycles. The first-order valence-electron chi connectivity index (χ1n) is 7.40. The number of para-hydroxylation sites is 1. The zero-order chi connectivity index (χ0) is 14.1. The molecule has 0 radical (unpaired) electrons. The predicted molar refractivity (Wildman–Crippen MR) is 84.7 cm³/mol. The van der Waals surface area contributed by atoms with Gasteiger partial charge < -0.3 is 4.98 Å². The zero-order valence-electron chi connectivity index (χ0n) is 11.8. The molecule has 20 heavy (non-hydrogen) atoms. The molecule has 1 saturated carbocycles. The van der Waals surface area contributed by atoms with Gasteiger partial charge >= 0.3 is 0 Å². The minimum Gasteiger partial charge on any atom is -0.332 e. The lowest BCUT2D eigenvalue weighted by Crippen LogP contribution is -2.26. The van der Waals surface area contributed by atoms with E-state index in [9.17, 15) is 4.79 Å². The Bertz CT molecular complexity index is 731. The van der Waals surface area contributed by atoms with Crippen molar-refractivity contribution in [3.05, 3.63) is 39.4 Å². The van der Waals surface area contributed by atoms with Crippen molar-refractivity contribution in [2.75, 3.05) is 0 Å². The van der Waals surface area contributed by atoms with Crippen LogP contribution in [0.25, 0.3) is 10.9 Å². The molecule has 0 saturated heterocycles. The standard InChI is InChI=1S/C16H20N2OS/c1-11-5-4-6-12(10-9-11)18-15(19)13-7-2-3-8-14(13)17-16(18)20/h2-3,7-8,11-12H,4-6,9-10H2,1H3,(H,17,20). The van der Waals surface area contributed by atoms with Gasteiger partial charge in [0.05, 0.1) is 10.9 Å². The molecule has 0 aliphatic heterocycles. The van der Waals surface area contributed by atoms with Crippen LogP contribution in [0.2, 0.25) is 0 Å². The molecule has 2 atom stereocenters. The summed E-state index contributed by atoms with van der Waals surface area (Å²) in [4.78, 5) is 15.9. The predicted octanol–water partition coefficient (Wildman–Crippen LogP) is 4.20. The highest BCUT2D eigenvalue weighted by Gasteiger charge is 2.20. The van der Waals surface area contributed by atoms with Gasteiger partial charge in [0.25, 0.3) is 5.56 Å². The summed E-state index contributed by atoms with van der Waals surface area (Å²) in [7, 11) is 0. The van der Waals surface area contributed by atoms with Gasteiger partial charge in [-0.3, -0.25) is 9.36 Å². The molecule has 106 valence electrons. The van der Waals surface area contributed by atoms with Gasteiger partial charge in [-0.15, -0.1) is 0 Å². The SMILES string of the molecule is CC1CCCC(n2c(=S)[nH]c3ccccc3c2=O)CC1. The van der Waals surface area contributed by atoms with E-state index in [0.29, 0.717) is 4.77 Å². The fourth-order valence-electron chi connectivity index (χ4n) is 3.23. The third-order valence-electron chi connectivity index (χ3n) is 4.43. The highest BCUT2D eigenvalue weighted by atomic mass is 32.1. The molecule has 2 unspecified atom stereocenters. The Hall–Kier alpha value is -1.42. The largest absolute Gasteiger partial charge is 0.332 e. The third-order valence-corrected chi connectivity index (χ3v) is 4.73. The van der Waals surface area contributed by atoms with E-state index in [1.165, 1.54) is 19.3 Å². The van der Waals surface area contributed by atoms with E-state index in [1.54, 1.807) is 0 Å². The van der Waals surface area contributed by atoms with E-state index < -0.39 is 0 Å². The minimum absolute atomic E-state index is 0.0592. The molecule has 0 spiro atoms. The lowest BCUT2D eigenvalue weighted by molar-refractivity contribution is 0.416. The summed E-state index contributed by atoms with van der Waals surface area (Å²) in [6.07, 6.45) is 5.73. The zero-order valence-corrected chi connectivity index (χ0v) is 12.6. The number of H-pyrrole nitrogens is 1. The molecular formula is C16H20N2OS. The van der Waals surface area contributed by atoms with Crippen LogP contribution < -0.4 is 5.56 Å². The maximum absolute atomic E-state index is 12.7. The molecule has 1 aliphatic rings. The second-order valence-corrected chi connectivity index (χ2v) is 6.30. The van der Waals surface area contributed by atoms with E-state index in [0.717, 1.165) is 29.7 Å². The van der Waals surface area contributed by atoms with Crippen LogP contribution in [0, 0.1) is 10.7 Å². The first-order chi connectivity index (χ1) is 9.66. The van der Waals surface area contributed by atoms with Crippen LogP contribution in [0.1, 0.15) is 45.1 Å². The fourth-order valence-corrected chi connectivity index (χ4v) is 3.58. The smallest absolute Gasteiger partial charge is 0.262 e. The molecule has 0 bridgehead atoms. The van der Waals surface area contributed by atoms with Gasteiger partial charge in [-0.2, -0.15) is 0 Å². The molecule has 0 amide bonds. The van der Waals surface area contributed by atoms with Gasteiger partial charge in [0, 0.05) is 6.04 Å². The fraction of sp³-hybridized carbons (Fsp3) is 0.500. The van der Waals surface area contributed by atoms with E-state index in [-0.39, 0.29) is 11.6 Å². The maximum Gasteiger partial charge on any atom is 0.262 e. The summed E-state index contributed by atoms with van der Waals surface area (Å²) < 4.78 is 2.38. The first kappa shape index (κ1) is 13.6. The molecule has 1 heterocycles. The minimum atomic E-state index is 0.0592. The molecule has 1 N–H and O–H groups in total. The average Bonchev–Trinajstić information content (AvgIpc) is 2.64. The number of fused-ring (bicyclic) bond motifs is 1. The normalized spacial score (nSPS) is 23.6. The lowest BCUT2D eigenvalue weighted by atomic mass is 10.0. The highest BCUT2D eigenvalue weighted by Crippen LogP contribution is 2.29. The summed E-state index contributed by atoms with van der Waals surface area (Å²) in [6.45, 7) is 2.30. The Morgan fingerprint density at radius 1 is 1.20 bits per heavy atom. The average molecular weight is 288 g/mol. The Labute approximate surface area is 123 Å². The van der Waals surface area contributed by atoms with E-state index in [4.69, 9.17) is 12.2 Å². The molecule has 3 rings (SSSR count). The van der Waals surface area contributed by atoms with E-state index in [2.05, 4.69) is 11.9 Å².